The first-order valence-electron chi connectivity index (χ1n) is 7.09. The van der Waals surface area contributed by atoms with E-state index in [1.54, 1.807) is 18.2 Å². The number of anilines is 1. The Morgan fingerprint density at radius 1 is 0.958 bits per heavy atom. The molecule has 0 fully saturated rings. The summed E-state index contributed by atoms with van der Waals surface area (Å²) < 4.78 is 11.3. The summed E-state index contributed by atoms with van der Waals surface area (Å²) in [6, 6.07) is 16.6. The lowest BCUT2D eigenvalue weighted by molar-refractivity contribution is 0.102. The third-order valence-electron chi connectivity index (χ3n) is 3.46. The van der Waals surface area contributed by atoms with Crippen LogP contribution in [0.15, 0.2) is 68.1 Å². The minimum Gasteiger partial charge on any atom is -0.444 e. The highest BCUT2D eigenvalue weighted by Gasteiger charge is 2.16. The first kappa shape index (κ1) is 14.6. The smallest absolute Gasteiger partial charge is 0.322 e. The molecule has 1 amide bonds. The Kier molecular flexibility index (Phi) is 3.62. The Hall–Kier alpha value is -2.93. The number of carbonyl (C=O) groups excluding carboxylic acids is 1. The molecule has 2 aromatic carbocycles. The number of nitrogens with zero attached hydrogens (tertiary/aromatic N) is 2. The maximum absolute atomic E-state index is 12.5. The highest BCUT2D eigenvalue weighted by atomic mass is 79.9. The largest absolute Gasteiger partial charge is 0.444 e. The second-order valence-corrected chi connectivity index (χ2v) is 5.78. The molecule has 6 nitrogen and oxygen atoms in total. The molecule has 1 N–H and O–H groups in total. The van der Waals surface area contributed by atoms with E-state index in [4.69, 9.17) is 8.83 Å². The highest BCUT2D eigenvalue weighted by Crippen LogP contribution is 2.25. The van der Waals surface area contributed by atoms with Gasteiger partial charge in [-0.05, 0) is 44.9 Å². The van der Waals surface area contributed by atoms with Crippen LogP contribution >= 0.6 is 15.9 Å². The molecule has 2 heterocycles. The molecule has 2 aromatic heterocycles. The summed E-state index contributed by atoms with van der Waals surface area (Å²) in [6.07, 6.45) is 0. The van der Waals surface area contributed by atoms with Gasteiger partial charge in [-0.25, -0.2) is 0 Å². The SMILES string of the molecule is O=C(Nc1nnc(-c2ccc(Br)o2)o1)c1cccc2ccccc12. The number of carbonyl (C=O) groups is 1. The monoisotopic (exact) mass is 383 g/mol. The normalized spacial score (nSPS) is 10.9. The summed E-state index contributed by atoms with van der Waals surface area (Å²) >= 11 is 3.20. The highest BCUT2D eigenvalue weighted by molar-refractivity contribution is 9.10. The minimum atomic E-state index is -0.317. The van der Waals surface area contributed by atoms with Crippen molar-refractivity contribution in [3.8, 4) is 11.7 Å². The maximum atomic E-state index is 12.5. The van der Waals surface area contributed by atoms with Gasteiger partial charge < -0.3 is 8.83 Å². The van der Waals surface area contributed by atoms with Crippen LogP contribution in [0.4, 0.5) is 6.01 Å². The van der Waals surface area contributed by atoms with Crippen LogP contribution in [0.2, 0.25) is 0 Å². The van der Waals surface area contributed by atoms with Crippen LogP contribution in [-0.4, -0.2) is 16.1 Å². The van der Waals surface area contributed by atoms with Gasteiger partial charge in [0.25, 0.3) is 11.8 Å². The van der Waals surface area contributed by atoms with Gasteiger partial charge in [-0.1, -0.05) is 41.5 Å². The molecule has 0 saturated heterocycles. The van der Waals surface area contributed by atoms with Gasteiger partial charge in [0, 0.05) is 5.56 Å². The molecule has 118 valence electrons. The molecule has 4 rings (SSSR count). The van der Waals surface area contributed by atoms with E-state index in [2.05, 4.69) is 31.4 Å². The third kappa shape index (κ3) is 2.69. The first-order valence-corrected chi connectivity index (χ1v) is 7.88. The van der Waals surface area contributed by atoms with Crippen LogP contribution in [0, 0.1) is 0 Å². The van der Waals surface area contributed by atoms with Gasteiger partial charge in [0.05, 0.1) is 0 Å². The molecular formula is C17H10BrN3O3. The van der Waals surface area contributed by atoms with Crippen molar-refractivity contribution < 1.29 is 13.6 Å². The van der Waals surface area contributed by atoms with Crippen LogP contribution in [-0.2, 0) is 0 Å². The van der Waals surface area contributed by atoms with Gasteiger partial charge in [0.2, 0.25) is 0 Å². The van der Waals surface area contributed by atoms with Crippen molar-refractivity contribution >= 4 is 38.6 Å². The standard InChI is InChI=1S/C17H10BrN3O3/c18-14-9-8-13(23-14)16-20-21-17(24-16)19-15(22)12-7-3-5-10-4-1-2-6-11(10)12/h1-9H,(H,19,21,22). The van der Waals surface area contributed by atoms with Crippen LogP contribution in [0.5, 0.6) is 0 Å². The quantitative estimate of drug-likeness (QED) is 0.563. The van der Waals surface area contributed by atoms with Crippen LogP contribution in [0.1, 0.15) is 10.4 Å². The maximum Gasteiger partial charge on any atom is 0.322 e. The fourth-order valence-corrected chi connectivity index (χ4v) is 2.70. The lowest BCUT2D eigenvalue weighted by Gasteiger charge is -2.05. The Labute approximate surface area is 144 Å². The summed E-state index contributed by atoms with van der Waals surface area (Å²) in [5.41, 5.74) is 0.536. The van der Waals surface area contributed by atoms with E-state index in [0.717, 1.165) is 10.8 Å². The second-order valence-electron chi connectivity index (χ2n) is 5.00. The molecule has 0 aliphatic heterocycles. The molecule has 4 aromatic rings. The zero-order valence-corrected chi connectivity index (χ0v) is 13.8. The fourth-order valence-electron chi connectivity index (χ4n) is 2.39. The molecule has 0 saturated carbocycles. The van der Waals surface area contributed by atoms with E-state index in [1.807, 2.05) is 36.4 Å². The van der Waals surface area contributed by atoms with Gasteiger partial charge in [0.15, 0.2) is 10.4 Å². The number of hydrogen-bond donors (Lipinski definition) is 1. The van der Waals surface area contributed by atoms with E-state index in [0.29, 0.717) is 16.0 Å². The number of aromatic nitrogens is 2. The molecule has 7 heteroatoms. The number of halogens is 1. The number of fused-ring (bicyclic) bond motifs is 1. The third-order valence-corrected chi connectivity index (χ3v) is 3.89. The Morgan fingerprint density at radius 3 is 2.62 bits per heavy atom. The zero-order chi connectivity index (χ0) is 16.5. The van der Waals surface area contributed by atoms with Gasteiger partial charge in [-0.3, -0.25) is 10.1 Å². The number of nitrogens with one attached hydrogen (secondary N) is 1. The predicted octanol–water partition coefficient (Wildman–Crippen LogP) is 4.50. The van der Waals surface area contributed by atoms with E-state index >= 15 is 0 Å². The number of rotatable bonds is 3. The molecule has 0 atom stereocenters. The molecule has 24 heavy (non-hydrogen) atoms. The van der Waals surface area contributed by atoms with Crippen molar-refractivity contribution in [3.05, 3.63) is 64.8 Å². The van der Waals surface area contributed by atoms with Crippen LogP contribution in [0.3, 0.4) is 0 Å². The predicted molar refractivity (Wildman–Crippen MR) is 91.6 cm³/mol. The van der Waals surface area contributed by atoms with E-state index in [1.165, 1.54) is 0 Å². The molecule has 0 unspecified atom stereocenters. The Balaban J connectivity index is 1.61. The van der Waals surface area contributed by atoms with Crippen molar-refractivity contribution in [3.63, 3.8) is 0 Å². The van der Waals surface area contributed by atoms with Crippen molar-refractivity contribution in [2.45, 2.75) is 0 Å². The number of amides is 1. The van der Waals surface area contributed by atoms with Gasteiger partial charge in [-0.15, -0.1) is 5.10 Å². The van der Waals surface area contributed by atoms with Crippen LogP contribution < -0.4 is 5.32 Å². The van der Waals surface area contributed by atoms with Gasteiger partial charge in [0.1, 0.15) is 0 Å². The topological polar surface area (TPSA) is 81.2 Å². The zero-order valence-electron chi connectivity index (χ0n) is 12.2. The molecule has 0 aliphatic carbocycles. The lowest BCUT2D eigenvalue weighted by Crippen LogP contribution is -2.12. The summed E-state index contributed by atoms with van der Waals surface area (Å²) in [5.74, 6) is 0.289. The Bertz CT molecular complexity index is 1030. The number of benzene rings is 2. The molecule has 0 spiro atoms. The van der Waals surface area contributed by atoms with Gasteiger partial charge >= 0.3 is 6.01 Å². The molecule has 0 radical (unpaired) electrons. The summed E-state index contributed by atoms with van der Waals surface area (Å²) in [6.45, 7) is 0. The molecule has 0 bridgehead atoms. The fraction of sp³-hybridized carbons (Fsp3) is 0. The van der Waals surface area contributed by atoms with E-state index in [-0.39, 0.29) is 17.8 Å². The van der Waals surface area contributed by atoms with Gasteiger partial charge in [-0.2, -0.15) is 0 Å². The number of hydrogen-bond acceptors (Lipinski definition) is 5. The van der Waals surface area contributed by atoms with Crippen molar-refractivity contribution in [1.29, 1.82) is 0 Å². The van der Waals surface area contributed by atoms with Crippen molar-refractivity contribution in [1.82, 2.24) is 10.2 Å². The minimum absolute atomic E-state index is 0.00968. The molecular weight excluding hydrogens is 374 g/mol. The van der Waals surface area contributed by atoms with E-state index in [9.17, 15) is 4.79 Å². The average Bonchev–Trinajstić information content (AvgIpc) is 3.23. The number of furan rings is 1. The first-order chi connectivity index (χ1) is 11.7. The summed E-state index contributed by atoms with van der Waals surface area (Å²) in [5, 5.41) is 12.1. The summed E-state index contributed by atoms with van der Waals surface area (Å²) in [4.78, 5) is 12.5. The average molecular weight is 384 g/mol. The summed E-state index contributed by atoms with van der Waals surface area (Å²) in [7, 11) is 0. The molecule has 0 aliphatic rings. The van der Waals surface area contributed by atoms with Crippen molar-refractivity contribution in [2.24, 2.45) is 0 Å². The van der Waals surface area contributed by atoms with Crippen molar-refractivity contribution in [2.75, 3.05) is 5.32 Å². The van der Waals surface area contributed by atoms with Crippen LogP contribution in [0.25, 0.3) is 22.4 Å². The Morgan fingerprint density at radius 2 is 1.79 bits per heavy atom. The second kappa shape index (κ2) is 5.93. The van der Waals surface area contributed by atoms with E-state index < -0.39 is 0 Å². The lowest BCUT2D eigenvalue weighted by atomic mass is 10.0.